The molecule has 82 valence electrons. The molecule has 15 heavy (non-hydrogen) atoms. The second-order valence-corrected chi connectivity index (χ2v) is 3.62. The fourth-order valence-electron chi connectivity index (χ4n) is 1.52. The summed E-state index contributed by atoms with van der Waals surface area (Å²) < 4.78 is 0. The van der Waals surface area contributed by atoms with Crippen molar-refractivity contribution < 1.29 is 9.59 Å². The van der Waals surface area contributed by atoms with E-state index in [0.29, 0.717) is 12.8 Å². The van der Waals surface area contributed by atoms with Gasteiger partial charge in [-0.2, -0.15) is 0 Å². The number of amides is 2. The molecule has 0 radical (unpaired) electrons. The van der Waals surface area contributed by atoms with Gasteiger partial charge in [0.05, 0.1) is 6.04 Å². The predicted octanol–water partition coefficient (Wildman–Crippen LogP) is 0.185. The zero-order chi connectivity index (χ0) is 11.1. The van der Waals surface area contributed by atoms with E-state index in [0.717, 1.165) is 25.8 Å². The number of carbonyl (C=O) groups is 2. The molecule has 1 fully saturated rings. The third-order valence-corrected chi connectivity index (χ3v) is 2.38. The number of hydrogen-bond acceptors (Lipinski definition) is 3. The smallest absolute Gasteiger partial charge is 0.243 e. The highest BCUT2D eigenvalue weighted by molar-refractivity contribution is 6.00. The number of terminal acetylenes is 1. The summed E-state index contributed by atoms with van der Waals surface area (Å²) >= 11 is 0. The van der Waals surface area contributed by atoms with Crippen molar-refractivity contribution in [3.05, 3.63) is 0 Å². The van der Waals surface area contributed by atoms with Crippen LogP contribution in [0.3, 0.4) is 0 Å². The molecule has 0 aromatic rings. The third kappa shape index (κ3) is 4.13. The van der Waals surface area contributed by atoms with E-state index < -0.39 is 0 Å². The normalized spacial score (nSPS) is 20.9. The molecule has 1 aliphatic rings. The Labute approximate surface area is 89.8 Å². The van der Waals surface area contributed by atoms with Crippen LogP contribution in [0.15, 0.2) is 0 Å². The Balaban J connectivity index is 2.13. The molecule has 4 nitrogen and oxygen atoms in total. The maximum Gasteiger partial charge on any atom is 0.243 e. The Hall–Kier alpha value is -1.34. The van der Waals surface area contributed by atoms with Crippen molar-refractivity contribution in [3.8, 4) is 12.3 Å². The van der Waals surface area contributed by atoms with E-state index >= 15 is 0 Å². The van der Waals surface area contributed by atoms with Crippen LogP contribution in [0.4, 0.5) is 0 Å². The molecule has 0 spiro atoms. The van der Waals surface area contributed by atoms with Gasteiger partial charge in [-0.15, -0.1) is 12.3 Å². The van der Waals surface area contributed by atoms with Crippen LogP contribution in [-0.4, -0.2) is 24.4 Å². The van der Waals surface area contributed by atoms with Gasteiger partial charge in [0.1, 0.15) is 0 Å². The maximum atomic E-state index is 11.3. The van der Waals surface area contributed by atoms with Crippen molar-refractivity contribution in [2.45, 2.75) is 38.1 Å². The first-order valence-electron chi connectivity index (χ1n) is 5.24. The summed E-state index contributed by atoms with van der Waals surface area (Å²) in [6, 6.07) is -0.214. The number of unbranched alkanes of at least 4 members (excludes halogenated alkanes) is 2. The summed E-state index contributed by atoms with van der Waals surface area (Å²) in [5.41, 5.74) is 0. The molecule has 1 saturated heterocycles. The molecule has 1 heterocycles. The Morgan fingerprint density at radius 1 is 1.47 bits per heavy atom. The average molecular weight is 208 g/mol. The zero-order valence-corrected chi connectivity index (χ0v) is 8.71. The SMILES string of the molecule is C#CCCCCNC1CCC(=O)NC1=O. The molecule has 0 saturated carbocycles. The molecule has 1 unspecified atom stereocenters. The molecular formula is C11H16N2O2. The quantitative estimate of drug-likeness (QED) is 0.385. The van der Waals surface area contributed by atoms with Gasteiger partial charge in [-0.1, -0.05) is 0 Å². The summed E-state index contributed by atoms with van der Waals surface area (Å²) in [6.07, 6.45) is 8.84. The van der Waals surface area contributed by atoms with Crippen molar-refractivity contribution in [3.63, 3.8) is 0 Å². The lowest BCUT2D eigenvalue weighted by molar-refractivity contribution is -0.134. The van der Waals surface area contributed by atoms with Gasteiger partial charge in [-0.25, -0.2) is 0 Å². The minimum absolute atomic E-state index is 0.176. The number of rotatable bonds is 5. The minimum Gasteiger partial charge on any atom is -0.306 e. The molecule has 2 N–H and O–H groups in total. The van der Waals surface area contributed by atoms with Crippen molar-refractivity contribution in [2.75, 3.05) is 6.54 Å². The van der Waals surface area contributed by atoms with Gasteiger partial charge in [0.25, 0.3) is 0 Å². The Bertz CT molecular complexity index is 281. The number of imide groups is 1. The van der Waals surface area contributed by atoms with Crippen LogP contribution >= 0.6 is 0 Å². The largest absolute Gasteiger partial charge is 0.306 e. The lowest BCUT2D eigenvalue weighted by atomic mass is 10.1. The number of hydrogen-bond donors (Lipinski definition) is 2. The highest BCUT2D eigenvalue weighted by atomic mass is 16.2. The third-order valence-electron chi connectivity index (χ3n) is 2.38. The zero-order valence-electron chi connectivity index (χ0n) is 8.71. The maximum absolute atomic E-state index is 11.3. The molecule has 1 aliphatic heterocycles. The van der Waals surface area contributed by atoms with Crippen LogP contribution in [0.25, 0.3) is 0 Å². The Kier molecular flexibility index (Phi) is 4.85. The predicted molar refractivity (Wildman–Crippen MR) is 56.9 cm³/mol. The van der Waals surface area contributed by atoms with E-state index in [1.54, 1.807) is 0 Å². The topological polar surface area (TPSA) is 58.2 Å². The first kappa shape index (κ1) is 11.7. The Morgan fingerprint density at radius 3 is 2.93 bits per heavy atom. The fourth-order valence-corrected chi connectivity index (χ4v) is 1.52. The first-order chi connectivity index (χ1) is 7.24. The van der Waals surface area contributed by atoms with Crippen LogP contribution in [0.5, 0.6) is 0 Å². The minimum atomic E-state index is -0.214. The highest BCUT2D eigenvalue weighted by Gasteiger charge is 2.25. The second kappa shape index (κ2) is 6.20. The van der Waals surface area contributed by atoms with Crippen LogP contribution in [0.2, 0.25) is 0 Å². The van der Waals surface area contributed by atoms with Crippen molar-refractivity contribution in [1.29, 1.82) is 0 Å². The summed E-state index contributed by atoms with van der Waals surface area (Å²) in [5.74, 6) is 2.19. The number of piperidine rings is 1. The molecule has 2 amide bonds. The van der Waals surface area contributed by atoms with Gasteiger partial charge in [0.15, 0.2) is 0 Å². The molecule has 1 rings (SSSR count). The number of nitrogens with one attached hydrogen (secondary N) is 2. The van der Waals surface area contributed by atoms with Crippen LogP contribution in [0.1, 0.15) is 32.1 Å². The number of carbonyl (C=O) groups excluding carboxylic acids is 2. The second-order valence-electron chi connectivity index (χ2n) is 3.62. The summed E-state index contributed by atoms with van der Waals surface area (Å²) in [6.45, 7) is 0.772. The molecule has 0 aliphatic carbocycles. The van der Waals surface area contributed by atoms with Crippen LogP contribution < -0.4 is 10.6 Å². The first-order valence-corrected chi connectivity index (χ1v) is 5.24. The van der Waals surface area contributed by atoms with Crippen molar-refractivity contribution in [2.24, 2.45) is 0 Å². The van der Waals surface area contributed by atoms with Gasteiger partial charge in [-0.05, 0) is 25.8 Å². The highest BCUT2D eigenvalue weighted by Crippen LogP contribution is 2.04. The van der Waals surface area contributed by atoms with E-state index in [4.69, 9.17) is 6.42 Å². The lowest BCUT2D eigenvalue weighted by Crippen LogP contribution is -2.50. The standard InChI is InChI=1S/C11H16N2O2/c1-2-3-4-5-8-12-9-6-7-10(14)13-11(9)15/h1,9,12H,3-8H2,(H,13,14,15). The molecule has 4 heteroatoms. The average Bonchev–Trinajstić information content (AvgIpc) is 2.20. The van der Waals surface area contributed by atoms with E-state index in [1.165, 1.54) is 0 Å². The van der Waals surface area contributed by atoms with Gasteiger partial charge in [0, 0.05) is 12.8 Å². The summed E-state index contributed by atoms with van der Waals surface area (Å²) in [7, 11) is 0. The fraction of sp³-hybridized carbons (Fsp3) is 0.636. The summed E-state index contributed by atoms with van der Waals surface area (Å²) in [4.78, 5) is 22.2. The van der Waals surface area contributed by atoms with Gasteiger partial charge in [0.2, 0.25) is 11.8 Å². The monoisotopic (exact) mass is 208 g/mol. The van der Waals surface area contributed by atoms with Gasteiger partial charge >= 0.3 is 0 Å². The van der Waals surface area contributed by atoms with Crippen LogP contribution in [-0.2, 0) is 9.59 Å². The molecule has 1 atom stereocenters. The van der Waals surface area contributed by atoms with Crippen molar-refractivity contribution >= 4 is 11.8 Å². The van der Waals surface area contributed by atoms with E-state index in [9.17, 15) is 9.59 Å². The van der Waals surface area contributed by atoms with Gasteiger partial charge < -0.3 is 5.32 Å². The molecule has 0 aromatic carbocycles. The van der Waals surface area contributed by atoms with Crippen LogP contribution in [0, 0.1) is 12.3 Å². The van der Waals surface area contributed by atoms with E-state index in [2.05, 4.69) is 16.6 Å². The molecular weight excluding hydrogens is 192 g/mol. The van der Waals surface area contributed by atoms with E-state index in [1.807, 2.05) is 0 Å². The molecule has 0 aromatic heterocycles. The van der Waals surface area contributed by atoms with Gasteiger partial charge in [-0.3, -0.25) is 14.9 Å². The van der Waals surface area contributed by atoms with Crippen molar-refractivity contribution in [1.82, 2.24) is 10.6 Å². The molecule has 0 bridgehead atoms. The Morgan fingerprint density at radius 2 is 2.27 bits per heavy atom. The summed E-state index contributed by atoms with van der Waals surface area (Å²) in [5, 5.41) is 5.43. The van der Waals surface area contributed by atoms with E-state index in [-0.39, 0.29) is 17.9 Å². The lowest BCUT2D eigenvalue weighted by Gasteiger charge is -2.21.